The number of carbonyl (C=O) groups excluding carboxylic acids is 1. The van der Waals surface area contributed by atoms with Crippen molar-refractivity contribution in [1.82, 2.24) is 9.88 Å². The topological polar surface area (TPSA) is 42.4 Å². The zero-order valence-electron chi connectivity index (χ0n) is 16.1. The molecular weight excluding hydrogens is 348 g/mol. The van der Waals surface area contributed by atoms with E-state index >= 15 is 0 Å². The molecule has 1 amide bonds. The number of aromatic nitrogens is 1. The maximum atomic E-state index is 12.5. The van der Waals surface area contributed by atoms with Crippen LogP contribution >= 0.6 is 0 Å². The van der Waals surface area contributed by atoms with Gasteiger partial charge in [0.25, 0.3) is 0 Å². The Kier molecular flexibility index (Phi) is 5.86. The second-order valence-electron chi connectivity index (χ2n) is 7.37. The molecule has 3 aromatic rings. The van der Waals surface area contributed by atoms with E-state index < -0.39 is 0 Å². The van der Waals surface area contributed by atoms with E-state index in [9.17, 15) is 4.79 Å². The molecule has 4 rings (SSSR count). The fraction of sp³-hybridized carbons (Fsp3) is 0.333. The van der Waals surface area contributed by atoms with Crippen molar-refractivity contribution >= 4 is 16.8 Å². The minimum atomic E-state index is 0.140. The standard InChI is InChI=1S/C24H26N2O2/c27-23(13-4-9-19-7-2-1-3-8-19)26-17-14-21(15-18-26)28-22-12-5-10-20-11-6-16-25-24(20)22/h1-3,5-8,10-12,16,21H,4,9,13-15,17-18H2. The monoisotopic (exact) mass is 374 g/mol. The molecular formula is C24H26N2O2. The number of rotatable bonds is 6. The minimum Gasteiger partial charge on any atom is -0.488 e. The highest BCUT2D eigenvalue weighted by molar-refractivity contribution is 5.84. The highest BCUT2D eigenvalue weighted by Crippen LogP contribution is 2.26. The molecule has 1 aromatic heterocycles. The van der Waals surface area contributed by atoms with Crippen molar-refractivity contribution in [2.45, 2.75) is 38.2 Å². The molecule has 1 saturated heterocycles. The van der Waals surface area contributed by atoms with Crippen LogP contribution in [0.5, 0.6) is 5.75 Å². The molecule has 1 aliphatic heterocycles. The molecule has 0 bridgehead atoms. The summed E-state index contributed by atoms with van der Waals surface area (Å²) in [7, 11) is 0. The lowest BCUT2D eigenvalue weighted by Crippen LogP contribution is -2.41. The Labute approximate surface area is 166 Å². The van der Waals surface area contributed by atoms with Crippen molar-refractivity contribution in [3.8, 4) is 5.75 Å². The van der Waals surface area contributed by atoms with Gasteiger partial charge < -0.3 is 9.64 Å². The zero-order valence-corrected chi connectivity index (χ0v) is 16.1. The fourth-order valence-corrected chi connectivity index (χ4v) is 3.82. The van der Waals surface area contributed by atoms with Gasteiger partial charge in [-0.1, -0.05) is 48.5 Å². The third kappa shape index (κ3) is 4.50. The fourth-order valence-electron chi connectivity index (χ4n) is 3.82. The molecule has 0 saturated carbocycles. The van der Waals surface area contributed by atoms with E-state index in [0.29, 0.717) is 6.42 Å². The Bertz CT molecular complexity index is 913. The van der Waals surface area contributed by atoms with Gasteiger partial charge in [-0.2, -0.15) is 0 Å². The van der Waals surface area contributed by atoms with Gasteiger partial charge in [0.15, 0.2) is 0 Å². The normalized spacial score (nSPS) is 14.9. The van der Waals surface area contributed by atoms with Crippen LogP contribution in [0.3, 0.4) is 0 Å². The summed E-state index contributed by atoms with van der Waals surface area (Å²) in [5.74, 6) is 1.10. The average Bonchev–Trinajstić information content (AvgIpc) is 2.75. The van der Waals surface area contributed by atoms with E-state index in [4.69, 9.17) is 4.74 Å². The van der Waals surface area contributed by atoms with Gasteiger partial charge >= 0.3 is 0 Å². The summed E-state index contributed by atoms with van der Waals surface area (Å²) in [6, 6.07) is 20.4. The molecule has 4 heteroatoms. The number of piperidine rings is 1. The molecule has 28 heavy (non-hydrogen) atoms. The summed E-state index contributed by atoms with van der Waals surface area (Å²) in [5.41, 5.74) is 2.20. The molecule has 2 aromatic carbocycles. The smallest absolute Gasteiger partial charge is 0.222 e. The Balaban J connectivity index is 1.25. The average molecular weight is 374 g/mol. The number of likely N-dealkylation sites (tertiary alicyclic amines) is 1. The van der Waals surface area contributed by atoms with E-state index in [1.54, 1.807) is 6.20 Å². The van der Waals surface area contributed by atoms with Gasteiger partial charge in [-0.15, -0.1) is 0 Å². The van der Waals surface area contributed by atoms with Crippen LogP contribution in [-0.4, -0.2) is 35.0 Å². The highest BCUT2D eigenvalue weighted by atomic mass is 16.5. The van der Waals surface area contributed by atoms with E-state index in [2.05, 4.69) is 17.1 Å². The first-order chi connectivity index (χ1) is 13.8. The lowest BCUT2D eigenvalue weighted by Gasteiger charge is -2.32. The van der Waals surface area contributed by atoms with Crippen molar-refractivity contribution in [2.24, 2.45) is 0 Å². The van der Waals surface area contributed by atoms with Crippen molar-refractivity contribution in [3.63, 3.8) is 0 Å². The maximum Gasteiger partial charge on any atom is 0.222 e. The van der Waals surface area contributed by atoms with E-state index in [1.165, 1.54) is 5.56 Å². The van der Waals surface area contributed by atoms with E-state index in [1.807, 2.05) is 53.4 Å². The number of pyridine rings is 1. The third-order valence-electron chi connectivity index (χ3n) is 5.38. The first kappa shape index (κ1) is 18.5. The SMILES string of the molecule is O=C(CCCc1ccccc1)N1CCC(Oc2cccc3cccnc23)CC1. The van der Waals surface area contributed by atoms with Crippen LogP contribution < -0.4 is 4.74 Å². The molecule has 0 radical (unpaired) electrons. The van der Waals surface area contributed by atoms with Gasteiger partial charge in [0.05, 0.1) is 0 Å². The number of carbonyl (C=O) groups is 1. The predicted octanol–water partition coefficient (Wildman–Crippen LogP) is 4.63. The summed E-state index contributed by atoms with van der Waals surface area (Å²) >= 11 is 0. The molecule has 0 atom stereocenters. The lowest BCUT2D eigenvalue weighted by atomic mass is 10.1. The van der Waals surface area contributed by atoms with Crippen LogP contribution in [0, 0.1) is 0 Å². The van der Waals surface area contributed by atoms with Gasteiger partial charge in [0.1, 0.15) is 17.4 Å². The Hall–Kier alpha value is -2.88. The number of nitrogens with zero attached hydrogens (tertiary/aromatic N) is 2. The Morgan fingerprint density at radius 2 is 1.79 bits per heavy atom. The number of hydrogen-bond acceptors (Lipinski definition) is 3. The molecule has 2 heterocycles. The first-order valence-electron chi connectivity index (χ1n) is 10.1. The number of ether oxygens (including phenoxy) is 1. The zero-order chi connectivity index (χ0) is 19.2. The van der Waals surface area contributed by atoms with Gasteiger partial charge in [0.2, 0.25) is 5.91 Å². The molecule has 1 fully saturated rings. The number of benzene rings is 2. The molecule has 0 aliphatic carbocycles. The van der Waals surface area contributed by atoms with Crippen molar-refractivity contribution in [1.29, 1.82) is 0 Å². The number of amides is 1. The molecule has 0 unspecified atom stereocenters. The van der Waals surface area contributed by atoms with Crippen LogP contribution in [0.2, 0.25) is 0 Å². The van der Waals surface area contributed by atoms with Crippen LogP contribution in [0.15, 0.2) is 66.9 Å². The van der Waals surface area contributed by atoms with Gasteiger partial charge in [-0.05, 0) is 30.5 Å². The van der Waals surface area contributed by atoms with Gasteiger partial charge in [-0.3, -0.25) is 9.78 Å². The summed E-state index contributed by atoms with van der Waals surface area (Å²) in [6.07, 6.45) is 6.16. The summed E-state index contributed by atoms with van der Waals surface area (Å²) in [5, 5.41) is 1.09. The molecule has 144 valence electrons. The maximum absolute atomic E-state index is 12.5. The number of aryl methyl sites for hydroxylation is 1. The molecule has 0 spiro atoms. The molecule has 1 aliphatic rings. The quantitative estimate of drug-likeness (QED) is 0.632. The predicted molar refractivity (Wildman–Crippen MR) is 111 cm³/mol. The molecule has 4 nitrogen and oxygen atoms in total. The van der Waals surface area contributed by atoms with E-state index in [-0.39, 0.29) is 12.0 Å². The van der Waals surface area contributed by atoms with Crippen LogP contribution in [0.1, 0.15) is 31.2 Å². The molecule has 0 N–H and O–H groups in total. The Morgan fingerprint density at radius 3 is 2.61 bits per heavy atom. The third-order valence-corrected chi connectivity index (χ3v) is 5.38. The first-order valence-corrected chi connectivity index (χ1v) is 10.1. The minimum absolute atomic E-state index is 0.140. The van der Waals surface area contributed by atoms with Crippen LogP contribution in [0.25, 0.3) is 10.9 Å². The lowest BCUT2D eigenvalue weighted by molar-refractivity contribution is -0.133. The van der Waals surface area contributed by atoms with Crippen LogP contribution in [-0.2, 0) is 11.2 Å². The summed E-state index contributed by atoms with van der Waals surface area (Å²) in [6.45, 7) is 1.54. The number of para-hydroxylation sites is 1. The number of hydrogen-bond donors (Lipinski definition) is 0. The van der Waals surface area contributed by atoms with Gasteiger partial charge in [-0.25, -0.2) is 0 Å². The highest BCUT2D eigenvalue weighted by Gasteiger charge is 2.24. The largest absolute Gasteiger partial charge is 0.488 e. The second-order valence-corrected chi connectivity index (χ2v) is 7.37. The Morgan fingerprint density at radius 1 is 1.00 bits per heavy atom. The van der Waals surface area contributed by atoms with Crippen molar-refractivity contribution < 1.29 is 9.53 Å². The van der Waals surface area contributed by atoms with Crippen LogP contribution in [0.4, 0.5) is 0 Å². The van der Waals surface area contributed by atoms with Crippen molar-refractivity contribution in [3.05, 3.63) is 72.4 Å². The summed E-state index contributed by atoms with van der Waals surface area (Å²) in [4.78, 5) is 19.0. The van der Waals surface area contributed by atoms with E-state index in [0.717, 1.165) is 55.4 Å². The number of fused-ring (bicyclic) bond motifs is 1. The summed E-state index contributed by atoms with van der Waals surface area (Å²) < 4.78 is 6.24. The van der Waals surface area contributed by atoms with Gasteiger partial charge in [0, 0.05) is 43.9 Å². The van der Waals surface area contributed by atoms with Crippen molar-refractivity contribution in [2.75, 3.05) is 13.1 Å². The second kappa shape index (κ2) is 8.87.